The molecule has 4 nitrogen and oxygen atoms in total. The van der Waals surface area contributed by atoms with E-state index >= 15 is 0 Å². The van der Waals surface area contributed by atoms with Gasteiger partial charge in [0.25, 0.3) is 0 Å². The predicted molar refractivity (Wildman–Crippen MR) is 84.6 cm³/mol. The zero-order valence-corrected chi connectivity index (χ0v) is 13.5. The molecule has 0 unspecified atom stereocenters. The molecule has 1 atom stereocenters. The Morgan fingerprint density at radius 3 is 2.86 bits per heavy atom. The van der Waals surface area contributed by atoms with Crippen LogP contribution in [0.4, 0.5) is 0 Å². The van der Waals surface area contributed by atoms with Crippen LogP contribution in [-0.2, 0) is 9.53 Å². The Hall–Kier alpha value is -0.910. The second-order valence-electron chi connectivity index (χ2n) is 5.89. The monoisotopic (exact) mass is 308 g/mol. The van der Waals surface area contributed by atoms with Crippen molar-refractivity contribution < 1.29 is 9.53 Å². The molecule has 5 heteroatoms. The molecule has 0 aliphatic carbocycles. The summed E-state index contributed by atoms with van der Waals surface area (Å²) >= 11 is 1.90. The van der Waals surface area contributed by atoms with Crippen molar-refractivity contribution in [2.45, 2.75) is 32.2 Å². The molecule has 2 aliphatic rings. The number of nitrogens with zero attached hydrogens (tertiary/aromatic N) is 2. The molecule has 3 heterocycles. The first-order valence-electron chi connectivity index (χ1n) is 7.90. The zero-order chi connectivity index (χ0) is 14.7. The van der Waals surface area contributed by atoms with E-state index < -0.39 is 0 Å². The van der Waals surface area contributed by atoms with Crippen LogP contribution in [0.5, 0.6) is 0 Å². The van der Waals surface area contributed by atoms with Crippen molar-refractivity contribution in [3.63, 3.8) is 0 Å². The fraction of sp³-hybridized carbons (Fsp3) is 0.688. The molecule has 0 spiro atoms. The number of aryl methyl sites for hydroxylation is 1. The van der Waals surface area contributed by atoms with E-state index in [9.17, 15) is 4.79 Å². The lowest BCUT2D eigenvalue weighted by Gasteiger charge is -2.29. The number of rotatable bonds is 4. The quantitative estimate of drug-likeness (QED) is 0.856. The lowest BCUT2D eigenvalue weighted by atomic mass is 10.2. The van der Waals surface area contributed by atoms with Gasteiger partial charge in [0, 0.05) is 41.9 Å². The average molecular weight is 308 g/mol. The highest BCUT2D eigenvalue weighted by molar-refractivity contribution is 7.12. The number of morpholine rings is 1. The molecule has 21 heavy (non-hydrogen) atoms. The lowest BCUT2D eigenvalue weighted by Crippen LogP contribution is -2.42. The van der Waals surface area contributed by atoms with Crippen molar-refractivity contribution in [1.29, 1.82) is 0 Å². The number of ether oxygens (including phenoxy) is 1. The average Bonchev–Trinajstić information content (AvgIpc) is 3.14. The molecular formula is C16H24N2O2S. The molecule has 2 fully saturated rings. The summed E-state index contributed by atoms with van der Waals surface area (Å²) in [6.45, 7) is 7.06. The molecule has 0 bridgehead atoms. The Balaban J connectivity index is 1.53. The Morgan fingerprint density at radius 2 is 2.14 bits per heavy atom. The number of carbonyl (C=O) groups is 1. The van der Waals surface area contributed by atoms with E-state index in [2.05, 4.69) is 24.0 Å². The summed E-state index contributed by atoms with van der Waals surface area (Å²) in [6.07, 6.45) is 3.11. The SMILES string of the molecule is Cc1ccc([C@H]2CCCN2CCC(=O)N2CCOCC2)s1. The van der Waals surface area contributed by atoms with Crippen molar-refractivity contribution in [3.8, 4) is 0 Å². The van der Waals surface area contributed by atoms with Crippen LogP contribution >= 0.6 is 11.3 Å². The van der Waals surface area contributed by atoms with Gasteiger partial charge in [0.1, 0.15) is 0 Å². The topological polar surface area (TPSA) is 32.8 Å². The summed E-state index contributed by atoms with van der Waals surface area (Å²) in [5.41, 5.74) is 0. The van der Waals surface area contributed by atoms with Gasteiger partial charge in [-0.2, -0.15) is 0 Å². The Morgan fingerprint density at radius 1 is 1.33 bits per heavy atom. The van der Waals surface area contributed by atoms with Gasteiger partial charge in [-0.3, -0.25) is 9.69 Å². The fourth-order valence-corrected chi connectivity index (χ4v) is 4.31. The molecule has 0 radical (unpaired) electrons. The maximum Gasteiger partial charge on any atom is 0.224 e. The largest absolute Gasteiger partial charge is 0.378 e. The van der Waals surface area contributed by atoms with Gasteiger partial charge in [0.2, 0.25) is 5.91 Å². The number of amides is 1. The number of hydrogen-bond acceptors (Lipinski definition) is 4. The molecule has 1 aromatic heterocycles. The highest BCUT2D eigenvalue weighted by Gasteiger charge is 2.28. The molecule has 116 valence electrons. The summed E-state index contributed by atoms with van der Waals surface area (Å²) < 4.78 is 5.30. The van der Waals surface area contributed by atoms with Crippen LogP contribution in [0.25, 0.3) is 0 Å². The van der Waals surface area contributed by atoms with Crippen molar-refractivity contribution in [2.75, 3.05) is 39.4 Å². The summed E-state index contributed by atoms with van der Waals surface area (Å²) in [5.74, 6) is 0.284. The summed E-state index contributed by atoms with van der Waals surface area (Å²) in [5, 5.41) is 0. The van der Waals surface area contributed by atoms with E-state index in [-0.39, 0.29) is 5.91 Å². The minimum absolute atomic E-state index is 0.284. The molecule has 0 aromatic carbocycles. The first kappa shape index (κ1) is 15.0. The van der Waals surface area contributed by atoms with Crippen molar-refractivity contribution in [2.24, 2.45) is 0 Å². The van der Waals surface area contributed by atoms with Gasteiger partial charge in [-0.15, -0.1) is 11.3 Å². The maximum atomic E-state index is 12.2. The Bertz CT molecular complexity index is 482. The molecule has 2 aliphatic heterocycles. The first-order chi connectivity index (χ1) is 10.2. The van der Waals surface area contributed by atoms with E-state index in [0.29, 0.717) is 25.7 Å². The van der Waals surface area contributed by atoms with Gasteiger partial charge in [-0.1, -0.05) is 0 Å². The molecule has 1 aromatic rings. The first-order valence-corrected chi connectivity index (χ1v) is 8.71. The molecule has 2 saturated heterocycles. The van der Waals surface area contributed by atoms with E-state index in [1.165, 1.54) is 22.6 Å². The lowest BCUT2D eigenvalue weighted by molar-refractivity contribution is -0.135. The third-order valence-electron chi connectivity index (χ3n) is 4.43. The summed E-state index contributed by atoms with van der Waals surface area (Å²) in [7, 11) is 0. The van der Waals surface area contributed by atoms with E-state index in [1.54, 1.807) is 0 Å². The second kappa shape index (κ2) is 6.90. The molecule has 0 N–H and O–H groups in total. The van der Waals surface area contributed by atoms with Gasteiger partial charge < -0.3 is 9.64 Å². The number of carbonyl (C=O) groups excluding carboxylic acids is 1. The molecular weight excluding hydrogens is 284 g/mol. The third kappa shape index (κ3) is 3.65. The van der Waals surface area contributed by atoms with Crippen LogP contribution in [0.1, 0.15) is 35.1 Å². The van der Waals surface area contributed by atoms with Crippen molar-refractivity contribution >= 4 is 17.2 Å². The van der Waals surface area contributed by atoms with Gasteiger partial charge >= 0.3 is 0 Å². The highest BCUT2D eigenvalue weighted by atomic mass is 32.1. The van der Waals surface area contributed by atoms with Gasteiger partial charge in [-0.25, -0.2) is 0 Å². The maximum absolute atomic E-state index is 12.2. The number of thiophene rings is 1. The predicted octanol–water partition coefficient (Wildman–Crippen LogP) is 2.44. The van der Waals surface area contributed by atoms with Crippen LogP contribution in [0.2, 0.25) is 0 Å². The van der Waals surface area contributed by atoms with Crippen LogP contribution in [-0.4, -0.2) is 55.1 Å². The normalized spacial score (nSPS) is 23.7. The summed E-state index contributed by atoms with van der Waals surface area (Å²) in [4.78, 5) is 19.5. The van der Waals surface area contributed by atoms with Crippen LogP contribution < -0.4 is 0 Å². The van der Waals surface area contributed by atoms with E-state index in [1.807, 2.05) is 16.2 Å². The minimum Gasteiger partial charge on any atom is -0.378 e. The van der Waals surface area contributed by atoms with Crippen LogP contribution in [0, 0.1) is 6.92 Å². The second-order valence-corrected chi connectivity index (χ2v) is 7.21. The van der Waals surface area contributed by atoms with Gasteiger partial charge in [0.05, 0.1) is 13.2 Å². The number of hydrogen-bond donors (Lipinski definition) is 0. The Kier molecular flexibility index (Phi) is 4.93. The zero-order valence-electron chi connectivity index (χ0n) is 12.7. The van der Waals surface area contributed by atoms with E-state index in [4.69, 9.17) is 4.74 Å². The standard InChI is InChI=1S/C16H24N2O2S/c1-13-4-5-15(21-13)14-3-2-7-17(14)8-6-16(19)18-9-11-20-12-10-18/h4-5,14H,2-3,6-12H2,1H3/t14-/m1/s1. The van der Waals surface area contributed by atoms with Crippen molar-refractivity contribution in [1.82, 2.24) is 9.80 Å². The third-order valence-corrected chi connectivity index (χ3v) is 5.53. The van der Waals surface area contributed by atoms with E-state index in [0.717, 1.165) is 26.2 Å². The van der Waals surface area contributed by atoms with Crippen LogP contribution in [0.3, 0.4) is 0 Å². The molecule has 3 rings (SSSR count). The Labute approximate surface area is 130 Å². The molecule has 1 amide bonds. The van der Waals surface area contributed by atoms with Crippen molar-refractivity contribution in [3.05, 3.63) is 21.9 Å². The highest BCUT2D eigenvalue weighted by Crippen LogP contribution is 2.35. The van der Waals surface area contributed by atoms with Crippen LogP contribution in [0.15, 0.2) is 12.1 Å². The smallest absolute Gasteiger partial charge is 0.224 e. The summed E-state index contributed by atoms with van der Waals surface area (Å²) in [6, 6.07) is 4.99. The van der Waals surface area contributed by atoms with Gasteiger partial charge in [-0.05, 0) is 38.4 Å². The fourth-order valence-electron chi connectivity index (χ4n) is 3.26. The van der Waals surface area contributed by atoms with Gasteiger partial charge in [0.15, 0.2) is 0 Å². The minimum atomic E-state index is 0.284. The number of likely N-dealkylation sites (tertiary alicyclic amines) is 1. The molecule has 0 saturated carbocycles.